The Bertz CT molecular complexity index is 659. The van der Waals surface area contributed by atoms with E-state index in [0.29, 0.717) is 36.3 Å². The molecule has 0 atom stereocenters. The summed E-state index contributed by atoms with van der Waals surface area (Å²) in [6.45, 7) is 4.61. The molecule has 22 heavy (non-hydrogen) atoms. The molecule has 0 spiro atoms. The Balaban J connectivity index is 2.09. The van der Waals surface area contributed by atoms with Crippen LogP contribution in [-0.4, -0.2) is 55.5 Å². The average molecular weight is 382 g/mol. The summed E-state index contributed by atoms with van der Waals surface area (Å²) in [5, 5.41) is 4.30. The highest BCUT2D eigenvalue weighted by molar-refractivity contribution is 7.89. The second-order valence-corrected chi connectivity index (χ2v) is 7.94. The SMILES string of the molecule is CCNC(=S)N1CCN(S(=O)(=O)c2ccc(Cl)c(Cl)c2)CC1. The zero-order chi connectivity index (χ0) is 16.3. The Labute approximate surface area is 146 Å². The van der Waals surface area contributed by atoms with E-state index < -0.39 is 10.0 Å². The van der Waals surface area contributed by atoms with E-state index in [1.54, 1.807) is 0 Å². The fourth-order valence-corrected chi connectivity index (χ4v) is 4.32. The number of piperazine rings is 1. The first kappa shape index (κ1) is 17.7. The van der Waals surface area contributed by atoms with Crippen molar-refractivity contribution < 1.29 is 8.42 Å². The standard InChI is InChI=1S/C13H17Cl2N3O2S2/c1-2-16-13(21)17-5-7-18(8-6-17)22(19,20)10-3-4-11(14)12(15)9-10/h3-4,9H,2,5-8H2,1H3,(H,16,21). The molecule has 0 saturated carbocycles. The fraction of sp³-hybridized carbons (Fsp3) is 0.462. The maximum atomic E-state index is 12.6. The molecule has 1 heterocycles. The van der Waals surface area contributed by atoms with E-state index in [9.17, 15) is 8.42 Å². The molecule has 1 aliphatic heterocycles. The van der Waals surface area contributed by atoms with Crippen molar-refractivity contribution in [2.45, 2.75) is 11.8 Å². The summed E-state index contributed by atoms with van der Waals surface area (Å²) in [5.74, 6) is 0. The van der Waals surface area contributed by atoms with Crippen LogP contribution < -0.4 is 5.32 Å². The molecule has 0 bridgehead atoms. The van der Waals surface area contributed by atoms with Crippen LogP contribution in [0, 0.1) is 0 Å². The molecule has 0 aliphatic carbocycles. The molecule has 0 unspecified atom stereocenters. The molecule has 9 heteroatoms. The third-order valence-corrected chi connectivity index (χ3v) is 6.42. The van der Waals surface area contributed by atoms with Crippen LogP contribution in [0.5, 0.6) is 0 Å². The number of hydrogen-bond acceptors (Lipinski definition) is 3. The van der Waals surface area contributed by atoms with E-state index in [0.717, 1.165) is 6.54 Å². The zero-order valence-corrected chi connectivity index (χ0v) is 15.2. The first-order valence-corrected chi connectivity index (χ1v) is 9.44. The lowest BCUT2D eigenvalue weighted by Gasteiger charge is -2.35. The van der Waals surface area contributed by atoms with Gasteiger partial charge in [0.1, 0.15) is 0 Å². The lowest BCUT2D eigenvalue weighted by Crippen LogP contribution is -2.52. The third kappa shape index (κ3) is 3.83. The summed E-state index contributed by atoms with van der Waals surface area (Å²) < 4.78 is 26.7. The molecule has 5 nitrogen and oxygen atoms in total. The molecular weight excluding hydrogens is 365 g/mol. The topological polar surface area (TPSA) is 52.6 Å². The minimum atomic E-state index is -3.56. The summed E-state index contributed by atoms with van der Waals surface area (Å²) in [6.07, 6.45) is 0. The van der Waals surface area contributed by atoms with Gasteiger partial charge < -0.3 is 10.2 Å². The first-order valence-electron chi connectivity index (χ1n) is 6.84. The van der Waals surface area contributed by atoms with Crippen LogP contribution in [0.2, 0.25) is 10.0 Å². The fourth-order valence-electron chi connectivity index (χ4n) is 2.18. The largest absolute Gasteiger partial charge is 0.363 e. The van der Waals surface area contributed by atoms with Crippen molar-refractivity contribution in [1.82, 2.24) is 14.5 Å². The minimum Gasteiger partial charge on any atom is -0.363 e. The van der Waals surface area contributed by atoms with Gasteiger partial charge in [-0.15, -0.1) is 0 Å². The Morgan fingerprint density at radius 1 is 1.23 bits per heavy atom. The van der Waals surface area contributed by atoms with Crippen molar-refractivity contribution in [2.24, 2.45) is 0 Å². The number of thiocarbonyl (C=S) groups is 1. The second kappa shape index (κ2) is 7.31. The van der Waals surface area contributed by atoms with Gasteiger partial charge in [0.05, 0.1) is 14.9 Å². The monoisotopic (exact) mass is 381 g/mol. The number of rotatable bonds is 3. The van der Waals surface area contributed by atoms with E-state index in [2.05, 4.69) is 5.32 Å². The van der Waals surface area contributed by atoms with Crippen molar-refractivity contribution in [1.29, 1.82) is 0 Å². The van der Waals surface area contributed by atoms with Gasteiger partial charge in [0, 0.05) is 32.7 Å². The van der Waals surface area contributed by atoms with Crippen LogP contribution in [0.4, 0.5) is 0 Å². The van der Waals surface area contributed by atoms with Crippen LogP contribution in [0.3, 0.4) is 0 Å². The number of sulfonamides is 1. The molecule has 1 saturated heterocycles. The van der Waals surface area contributed by atoms with Crippen molar-refractivity contribution in [3.05, 3.63) is 28.2 Å². The molecule has 1 fully saturated rings. The molecule has 1 aliphatic rings. The molecule has 1 aromatic carbocycles. The molecule has 0 amide bonds. The second-order valence-electron chi connectivity index (χ2n) is 4.80. The van der Waals surface area contributed by atoms with Crippen molar-refractivity contribution >= 4 is 50.6 Å². The lowest BCUT2D eigenvalue weighted by molar-refractivity contribution is 0.264. The average Bonchev–Trinajstić information content (AvgIpc) is 2.50. The summed E-state index contributed by atoms with van der Waals surface area (Å²) >= 11 is 17.0. The Morgan fingerprint density at radius 3 is 2.41 bits per heavy atom. The van der Waals surface area contributed by atoms with Crippen molar-refractivity contribution in [3.8, 4) is 0 Å². The summed E-state index contributed by atoms with van der Waals surface area (Å²) in [7, 11) is -3.56. The van der Waals surface area contributed by atoms with Crippen LogP contribution in [0.1, 0.15) is 6.92 Å². The highest BCUT2D eigenvalue weighted by atomic mass is 35.5. The smallest absolute Gasteiger partial charge is 0.243 e. The van der Waals surface area contributed by atoms with Crippen LogP contribution >= 0.6 is 35.4 Å². The normalized spacial score (nSPS) is 16.6. The Hall–Kier alpha value is -0.600. The van der Waals surface area contributed by atoms with E-state index in [1.165, 1.54) is 22.5 Å². The van der Waals surface area contributed by atoms with Gasteiger partial charge in [0.15, 0.2) is 5.11 Å². The van der Waals surface area contributed by atoms with Crippen LogP contribution in [-0.2, 0) is 10.0 Å². The highest BCUT2D eigenvalue weighted by Gasteiger charge is 2.29. The van der Waals surface area contributed by atoms with Crippen LogP contribution in [0.15, 0.2) is 23.1 Å². The first-order chi connectivity index (χ1) is 10.4. The number of benzene rings is 1. The minimum absolute atomic E-state index is 0.157. The summed E-state index contributed by atoms with van der Waals surface area (Å²) in [5.41, 5.74) is 0. The zero-order valence-electron chi connectivity index (χ0n) is 12.1. The predicted octanol–water partition coefficient (Wildman–Crippen LogP) is 2.19. The van der Waals surface area contributed by atoms with Crippen molar-refractivity contribution in [2.75, 3.05) is 32.7 Å². The third-order valence-electron chi connectivity index (χ3n) is 3.38. The maximum Gasteiger partial charge on any atom is 0.243 e. The number of nitrogens with one attached hydrogen (secondary N) is 1. The van der Waals surface area contributed by atoms with Gasteiger partial charge in [-0.1, -0.05) is 23.2 Å². The van der Waals surface area contributed by atoms with Gasteiger partial charge in [-0.25, -0.2) is 8.42 Å². The quantitative estimate of drug-likeness (QED) is 0.813. The van der Waals surface area contributed by atoms with E-state index in [1.807, 2.05) is 11.8 Å². The molecule has 1 N–H and O–H groups in total. The lowest BCUT2D eigenvalue weighted by atomic mass is 10.4. The van der Waals surface area contributed by atoms with Crippen molar-refractivity contribution in [3.63, 3.8) is 0 Å². The van der Waals surface area contributed by atoms with Gasteiger partial charge in [-0.2, -0.15) is 4.31 Å². The molecule has 0 aromatic heterocycles. The molecule has 0 radical (unpaired) electrons. The van der Waals surface area contributed by atoms with Gasteiger partial charge in [-0.05, 0) is 37.3 Å². The predicted molar refractivity (Wildman–Crippen MR) is 93.1 cm³/mol. The van der Waals surface area contributed by atoms with Gasteiger partial charge >= 0.3 is 0 Å². The summed E-state index contributed by atoms with van der Waals surface area (Å²) in [4.78, 5) is 2.13. The maximum absolute atomic E-state index is 12.6. The molecule has 122 valence electrons. The number of nitrogens with zero attached hydrogens (tertiary/aromatic N) is 2. The molecular formula is C13H17Cl2N3O2S2. The van der Waals surface area contributed by atoms with Gasteiger partial charge in [0.2, 0.25) is 10.0 Å². The van der Waals surface area contributed by atoms with Crippen LogP contribution in [0.25, 0.3) is 0 Å². The number of halogens is 2. The van der Waals surface area contributed by atoms with Gasteiger partial charge in [0.25, 0.3) is 0 Å². The van der Waals surface area contributed by atoms with Gasteiger partial charge in [-0.3, -0.25) is 0 Å². The molecule has 2 rings (SSSR count). The number of hydrogen-bond donors (Lipinski definition) is 1. The Kier molecular flexibility index (Phi) is 5.90. The van der Waals surface area contributed by atoms with E-state index >= 15 is 0 Å². The van der Waals surface area contributed by atoms with E-state index in [-0.39, 0.29) is 9.92 Å². The molecule has 1 aromatic rings. The highest BCUT2D eigenvalue weighted by Crippen LogP contribution is 2.26. The van der Waals surface area contributed by atoms with E-state index in [4.69, 9.17) is 35.4 Å². The summed E-state index contributed by atoms with van der Waals surface area (Å²) in [6, 6.07) is 4.35. The Morgan fingerprint density at radius 2 is 1.86 bits per heavy atom.